The zero-order valence-electron chi connectivity index (χ0n) is 16.1. The third-order valence-corrected chi connectivity index (χ3v) is 6.26. The van der Waals surface area contributed by atoms with Crippen LogP contribution < -0.4 is 10.6 Å². The summed E-state index contributed by atoms with van der Waals surface area (Å²) >= 11 is 0. The molecule has 2 heterocycles. The Kier molecular flexibility index (Phi) is 5.76. The Bertz CT molecular complexity index is 762. The summed E-state index contributed by atoms with van der Waals surface area (Å²) in [4.78, 5) is 26.8. The lowest BCUT2D eigenvalue weighted by Crippen LogP contribution is -2.62. The van der Waals surface area contributed by atoms with Crippen molar-refractivity contribution in [2.24, 2.45) is 5.92 Å². The molecule has 150 valence electrons. The molecule has 1 aromatic rings. The number of carbonyl (C=O) groups is 2. The second-order valence-corrected chi connectivity index (χ2v) is 8.09. The molecule has 28 heavy (non-hydrogen) atoms. The highest BCUT2D eigenvalue weighted by Crippen LogP contribution is 2.28. The average Bonchev–Trinajstić information content (AvgIpc) is 2.73. The van der Waals surface area contributed by atoms with Crippen LogP contribution in [-0.4, -0.2) is 42.0 Å². The number of nitrogens with zero attached hydrogens (tertiary/aromatic N) is 1. The molecule has 6 heteroatoms. The van der Waals surface area contributed by atoms with E-state index in [1.807, 2.05) is 4.90 Å². The maximum Gasteiger partial charge on any atom is 0.225 e. The first-order chi connectivity index (χ1) is 13.6. The van der Waals surface area contributed by atoms with Gasteiger partial charge in [0.05, 0.1) is 12.1 Å². The van der Waals surface area contributed by atoms with Crippen LogP contribution in [0, 0.1) is 11.7 Å². The van der Waals surface area contributed by atoms with E-state index in [0.717, 1.165) is 36.8 Å². The SMILES string of the molecule is O=C1NC(CCC(=O)N2CC=C(c3ccc(F)cc3)CC2)NC2CCCCC12. The molecule has 3 atom stereocenters. The van der Waals surface area contributed by atoms with Crippen molar-refractivity contribution in [3.05, 3.63) is 41.7 Å². The van der Waals surface area contributed by atoms with Crippen molar-refractivity contribution in [3.63, 3.8) is 0 Å². The maximum atomic E-state index is 13.1. The van der Waals surface area contributed by atoms with Crippen molar-refractivity contribution in [1.82, 2.24) is 15.5 Å². The second kappa shape index (κ2) is 8.43. The number of halogens is 1. The van der Waals surface area contributed by atoms with Gasteiger partial charge < -0.3 is 10.2 Å². The number of hydrogen-bond acceptors (Lipinski definition) is 3. The van der Waals surface area contributed by atoms with Gasteiger partial charge in [0, 0.05) is 25.6 Å². The molecule has 0 aromatic heterocycles. The minimum absolute atomic E-state index is 0.0952. The highest BCUT2D eigenvalue weighted by Gasteiger charge is 2.37. The third-order valence-electron chi connectivity index (χ3n) is 6.26. The predicted molar refractivity (Wildman–Crippen MR) is 106 cm³/mol. The first-order valence-electron chi connectivity index (χ1n) is 10.4. The van der Waals surface area contributed by atoms with Crippen molar-refractivity contribution < 1.29 is 14.0 Å². The molecule has 3 aliphatic rings. The van der Waals surface area contributed by atoms with Gasteiger partial charge in [-0.3, -0.25) is 14.9 Å². The lowest BCUT2D eigenvalue weighted by molar-refractivity contribution is -0.133. The standard InChI is InChI=1S/C22H28FN3O2/c23-17-7-5-15(6-8-17)16-11-13-26(14-12-16)21(27)10-9-20-24-19-4-2-1-3-18(19)22(28)25-20/h5-8,11,18-20,24H,1-4,9-10,12-14H2,(H,25,28). The summed E-state index contributed by atoms with van der Waals surface area (Å²) in [5.41, 5.74) is 2.18. The molecule has 0 bridgehead atoms. The van der Waals surface area contributed by atoms with Crippen molar-refractivity contribution >= 4 is 17.4 Å². The Morgan fingerprint density at radius 3 is 2.71 bits per heavy atom. The Morgan fingerprint density at radius 2 is 1.96 bits per heavy atom. The quantitative estimate of drug-likeness (QED) is 0.838. The smallest absolute Gasteiger partial charge is 0.225 e. The minimum atomic E-state index is -0.236. The van der Waals surface area contributed by atoms with Gasteiger partial charge in [0.15, 0.2) is 0 Å². The highest BCUT2D eigenvalue weighted by molar-refractivity contribution is 5.81. The number of nitrogens with one attached hydrogen (secondary N) is 2. The van der Waals surface area contributed by atoms with E-state index >= 15 is 0 Å². The average molecular weight is 385 g/mol. The fourth-order valence-corrected chi connectivity index (χ4v) is 4.63. The van der Waals surface area contributed by atoms with E-state index in [2.05, 4.69) is 16.7 Å². The molecule has 2 amide bonds. The summed E-state index contributed by atoms with van der Waals surface area (Å²) in [7, 11) is 0. The Balaban J connectivity index is 1.27. The molecule has 1 aliphatic carbocycles. The zero-order chi connectivity index (χ0) is 19.5. The molecule has 4 rings (SSSR count). The van der Waals surface area contributed by atoms with Crippen molar-refractivity contribution in [2.75, 3.05) is 13.1 Å². The Labute approximate surface area is 165 Å². The lowest BCUT2D eigenvalue weighted by atomic mass is 9.82. The van der Waals surface area contributed by atoms with E-state index in [9.17, 15) is 14.0 Å². The molecule has 2 fully saturated rings. The summed E-state index contributed by atoms with van der Waals surface area (Å²) < 4.78 is 13.1. The molecule has 2 N–H and O–H groups in total. The molecule has 1 saturated heterocycles. The number of hydrogen-bond donors (Lipinski definition) is 2. The molecule has 3 unspecified atom stereocenters. The van der Waals surface area contributed by atoms with Gasteiger partial charge >= 0.3 is 0 Å². The molecule has 0 spiro atoms. The van der Waals surface area contributed by atoms with E-state index in [4.69, 9.17) is 0 Å². The number of carbonyl (C=O) groups excluding carboxylic acids is 2. The van der Waals surface area contributed by atoms with E-state index in [1.54, 1.807) is 12.1 Å². The van der Waals surface area contributed by atoms with Crippen LogP contribution in [0.5, 0.6) is 0 Å². The monoisotopic (exact) mass is 385 g/mol. The van der Waals surface area contributed by atoms with E-state index in [1.165, 1.54) is 18.6 Å². The highest BCUT2D eigenvalue weighted by atomic mass is 19.1. The van der Waals surface area contributed by atoms with Crippen molar-refractivity contribution in [1.29, 1.82) is 0 Å². The number of benzene rings is 1. The summed E-state index contributed by atoms with van der Waals surface area (Å²) in [5, 5.41) is 6.58. The van der Waals surface area contributed by atoms with Gasteiger partial charge in [-0.1, -0.05) is 31.1 Å². The molecule has 1 saturated carbocycles. The van der Waals surface area contributed by atoms with Crippen LogP contribution in [0.1, 0.15) is 50.5 Å². The fourth-order valence-electron chi connectivity index (χ4n) is 4.63. The van der Waals surface area contributed by atoms with Crippen molar-refractivity contribution in [2.45, 2.75) is 57.2 Å². The number of rotatable bonds is 4. The van der Waals surface area contributed by atoms with Gasteiger partial charge in [-0.2, -0.15) is 0 Å². The van der Waals surface area contributed by atoms with Gasteiger partial charge in [0.1, 0.15) is 5.82 Å². The first kappa shape index (κ1) is 19.1. The van der Waals surface area contributed by atoms with E-state index < -0.39 is 0 Å². The lowest BCUT2D eigenvalue weighted by Gasteiger charge is -2.40. The predicted octanol–water partition coefficient (Wildman–Crippen LogP) is 2.83. The fraction of sp³-hybridized carbons (Fsp3) is 0.545. The second-order valence-electron chi connectivity index (χ2n) is 8.09. The van der Waals surface area contributed by atoms with Crippen LogP contribution in [0.25, 0.3) is 5.57 Å². The normalized spacial score (nSPS) is 27.6. The molecule has 2 aliphatic heterocycles. The van der Waals surface area contributed by atoms with Gasteiger partial charge in [-0.05, 0) is 49.0 Å². The molecular weight excluding hydrogens is 357 g/mol. The molecular formula is C22H28FN3O2. The van der Waals surface area contributed by atoms with Crippen LogP contribution in [0.2, 0.25) is 0 Å². The van der Waals surface area contributed by atoms with E-state index in [-0.39, 0.29) is 35.8 Å². The summed E-state index contributed by atoms with van der Waals surface area (Å²) in [6.07, 6.45) is 8.09. The van der Waals surface area contributed by atoms with Gasteiger partial charge in [-0.15, -0.1) is 0 Å². The zero-order valence-corrected chi connectivity index (χ0v) is 16.1. The van der Waals surface area contributed by atoms with Crippen molar-refractivity contribution in [3.8, 4) is 0 Å². The topological polar surface area (TPSA) is 61.4 Å². The number of amides is 2. The summed E-state index contributed by atoms with van der Waals surface area (Å²) in [6, 6.07) is 6.77. The maximum absolute atomic E-state index is 13.1. The van der Waals surface area contributed by atoms with E-state index in [0.29, 0.717) is 25.9 Å². The summed E-state index contributed by atoms with van der Waals surface area (Å²) in [5.74, 6) is 0.125. The largest absolute Gasteiger partial charge is 0.340 e. The number of fused-ring (bicyclic) bond motifs is 1. The third kappa shape index (κ3) is 4.27. The van der Waals surface area contributed by atoms with Gasteiger partial charge in [0.25, 0.3) is 0 Å². The summed E-state index contributed by atoms with van der Waals surface area (Å²) in [6.45, 7) is 1.26. The van der Waals surface area contributed by atoms with Gasteiger partial charge in [0.2, 0.25) is 11.8 Å². The van der Waals surface area contributed by atoms with Crippen LogP contribution in [0.4, 0.5) is 4.39 Å². The molecule has 5 nitrogen and oxygen atoms in total. The van der Waals surface area contributed by atoms with Crippen LogP contribution in [0.15, 0.2) is 30.3 Å². The van der Waals surface area contributed by atoms with Crippen LogP contribution >= 0.6 is 0 Å². The van der Waals surface area contributed by atoms with Crippen LogP contribution in [-0.2, 0) is 9.59 Å². The molecule has 0 radical (unpaired) electrons. The minimum Gasteiger partial charge on any atom is -0.340 e. The van der Waals surface area contributed by atoms with Gasteiger partial charge in [-0.25, -0.2) is 4.39 Å². The Morgan fingerprint density at radius 1 is 1.18 bits per heavy atom. The van der Waals surface area contributed by atoms with Crippen LogP contribution in [0.3, 0.4) is 0 Å². The first-order valence-corrected chi connectivity index (χ1v) is 10.4. The molecule has 1 aromatic carbocycles. The Hall–Kier alpha value is -2.21.